The number of phenols is 1. The van der Waals surface area contributed by atoms with Gasteiger partial charge in [-0.3, -0.25) is 9.59 Å². The molecule has 0 aliphatic carbocycles. The minimum Gasteiger partial charge on any atom is -0.504 e. The lowest BCUT2D eigenvalue weighted by molar-refractivity contribution is 0.0714. The van der Waals surface area contributed by atoms with Crippen molar-refractivity contribution in [3.05, 3.63) is 104 Å². The molecule has 0 saturated carbocycles. The summed E-state index contributed by atoms with van der Waals surface area (Å²) < 4.78 is 12.3. The van der Waals surface area contributed by atoms with Crippen LogP contribution >= 0.6 is 15.9 Å². The quantitative estimate of drug-likeness (QED) is 0.392. The van der Waals surface area contributed by atoms with Gasteiger partial charge in [0.1, 0.15) is 5.58 Å². The summed E-state index contributed by atoms with van der Waals surface area (Å²) in [7, 11) is 0. The van der Waals surface area contributed by atoms with Gasteiger partial charge < -0.3 is 19.2 Å². The van der Waals surface area contributed by atoms with Gasteiger partial charge in [-0.15, -0.1) is 0 Å². The second-order valence-corrected chi connectivity index (χ2v) is 8.71. The van der Waals surface area contributed by atoms with Gasteiger partial charge in [-0.1, -0.05) is 52.3 Å². The maximum Gasteiger partial charge on any atom is 0.291 e. The summed E-state index contributed by atoms with van der Waals surface area (Å²) in [5.41, 5.74) is 1.96. The first kappa shape index (κ1) is 21.3. The summed E-state index contributed by atoms with van der Waals surface area (Å²) in [5.74, 6) is -0.0219. The third kappa shape index (κ3) is 3.68. The summed E-state index contributed by atoms with van der Waals surface area (Å²) in [5, 5.41) is 10.6. The van der Waals surface area contributed by atoms with Crippen molar-refractivity contribution >= 4 is 32.8 Å². The van der Waals surface area contributed by atoms with Crippen LogP contribution in [-0.2, 0) is 6.54 Å². The van der Waals surface area contributed by atoms with E-state index < -0.39 is 6.04 Å². The zero-order valence-electron chi connectivity index (χ0n) is 17.7. The number of amides is 1. The maximum atomic E-state index is 13.6. The molecule has 7 heteroatoms. The smallest absolute Gasteiger partial charge is 0.291 e. The zero-order valence-corrected chi connectivity index (χ0v) is 19.3. The second-order valence-electron chi connectivity index (χ2n) is 7.80. The topological polar surface area (TPSA) is 80.0 Å². The standard InChI is InChI=1S/C26H20BrNO5/c1-2-32-21-12-16(8-10-19(21)29)23-22-24(30)18-13-17(27)9-11-20(18)33-25(22)26(31)28(23)14-15-6-4-3-5-7-15/h3-13,23,29H,2,14H2,1H3. The molecule has 0 radical (unpaired) electrons. The van der Waals surface area contributed by atoms with Crippen molar-refractivity contribution < 1.29 is 19.1 Å². The molecule has 0 saturated heterocycles. The maximum absolute atomic E-state index is 13.6. The zero-order chi connectivity index (χ0) is 23.1. The number of hydrogen-bond donors (Lipinski definition) is 1. The van der Waals surface area contributed by atoms with E-state index in [1.807, 2.05) is 37.3 Å². The Hall–Kier alpha value is -3.58. The van der Waals surface area contributed by atoms with Crippen LogP contribution in [0.2, 0.25) is 0 Å². The van der Waals surface area contributed by atoms with E-state index in [1.165, 1.54) is 6.07 Å². The van der Waals surface area contributed by atoms with E-state index in [1.54, 1.807) is 35.2 Å². The molecule has 6 nitrogen and oxygen atoms in total. The van der Waals surface area contributed by atoms with Crippen molar-refractivity contribution in [2.45, 2.75) is 19.5 Å². The van der Waals surface area contributed by atoms with Crippen molar-refractivity contribution in [2.24, 2.45) is 0 Å². The van der Waals surface area contributed by atoms with E-state index in [0.29, 0.717) is 35.4 Å². The molecular formula is C26H20BrNO5. The first-order chi connectivity index (χ1) is 16.0. The summed E-state index contributed by atoms with van der Waals surface area (Å²) >= 11 is 3.41. The summed E-state index contributed by atoms with van der Waals surface area (Å²) in [4.78, 5) is 28.8. The monoisotopic (exact) mass is 505 g/mol. The average molecular weight is 506 g/mol. The molecule has 0 bridgehead atoms. The third-order valence-corrected chi connectivity index (χ3v) is 6.22. The van der Waals surface area contributed by atoms with Crippen LogP contribution in [0.3, 0.4) is 0 Å². The normalized spacial score (nSPS) is 15.2. The number of carbonyl (C=O) groups excluding carboxylic acids is 1. The van der Waals surface area contributed by atoms with Crippen LogP contribution in [0.4, 0.5) is 0 Å². The minimum atomic E-state index is -0.688. The van der Waals surface area contributed by atoms with Crippen molar-refractivity contribution in [3.63, 3.8) is 0 Å². The Morgan fingerprint density at radius 1 is 1.06 bits per heavy atom. The van der Waals surface area contributed by atoms with Crippen LogP contribution in [0.15, 0.2) is 80.4 Å². The van der Waals surface area contributed by atoms with Gasteiger partial charge in [-0.05, 0) is 48.4 Å². The summed E-state index contributed by atoms with van der Waals surface area (Å²) in [6.45, 7) is 2.48. The first-order valence-corrected chi connectivity index (χ1v) is 11.3. The molecule has 5 rings (SSSR count). The lowest BCUT2D eigenvalue weighted by atomic mass is 9.97. The fourth-order valence-corrected chi connectivity index (χ4v) is 4.62. The average Bonchev–Trinajstić information content (AvgIpc) is 3.08. The van der Waals surface area contributed by atoms with E-state index in [9.17, 15) is 14.7 Å². The molecule has 3 aromatic carbocycles. The molecule has 1 aromatic heterocycles. The molecule has 1 aliphatic rings. The van der Waals surface area contributed by atoms with Crippen molar-refractivity contribution in [1.29, 1.82) is 0 Å². The van der Waals surface area contributed by atoms with E-state index in [-0.39, 0.29) is 28.4 Å². The van der Waals surface area contributed by atoms with Crippen LogP contribution in [0, 0.1) is 0 Å². The highest BCUT2D eigenvalue weighted by Gasteiger charge is 2.43. The van der Waals surface area contributed by atoms with Crippen LogP contribution in [0.25, 0.3) is 11.0 Å². The highest BCUT2D eigenvalue weighted by Crippen LogP contribution is 2.41. The third-order valence-electron chi connectivity index (χ3n) is 5.72. The molecule has 1 N–H and O–H groups in total. The molecule has 166 valence electrons. The highest BCUT2D eigenvalue weighted by atomic mass is 79.9. The fourth-order valence-electron chi connectivity index (χ4n) is 4.25. The van der Waals surface area contributed by atoms with Crippen molar-refractivity contribution in [3.8, 4) is 11.5 Å². The number of rotatable bonds is 5. The fraction of sp³-hybridized carbons (Fsp3) is 0.154. The molecule has 0 fully saturated rings. The Kier molecular flexibility index (Phi) is 5.42. The number of ether oxygens (including phenoxy) is 1. The van der Waals surface area contributed by atoms with Gasteiger partial charge in [0.15, 0.2) is 16.9 Å². The predicted molar refractivity (Wildman–Crippen MR) is 128 cm³/mol. The van der Waals surface area contributed by atoms with Gasteiger partial charge in [-0.2, -0.15) is 0 Å². The van der Waals surface area contributed by atoms with Crippen LogP contribution < -0.4 is 10.2 Å². The number of fused-ring (bicyclic) bond motifs is 2. The van der Waals surface area contributed by atoms with Gasteiger partial charge in [0.2, 0.25) is 5.76 Å². The Labute approximate surface area is 198 Å². The van der Waals surface area contributed by atoms with Crippen LogP contribution in [-0.4, -0.2) is 22.5 Å². The predicted octanol–water partition coefficient (Wildman–Crippen LogP) is 5.41. The molecule has 1 atom stereocenters. The van der Waals surface area contributed by atoms with Gasteiger partial charge in [0, 0.05) is 11.0 Å². The SMILES string of the molecule is CCOc1cc(C2c3c(oc4ccc(Br)cc4c3=O)C(=O)N2Cc2ccccc2)ccc1O. The number of carbonyl (C=O) groups is 1. The molecule has 0 spiro atoms. The molecule has 1 unspecified atom stereocenters. The number of hydrogen-bond acceptors (Lipinski definition) is 5. The number of benzene rings is 3. The molecule has 1 amide bonds. The highest BCUT2D eigenvalue weighted by molar-refractivity contribution is 9.10. The van der Waals surface area contributed by atoms with E-state index in [0.717, 1.165) is 10.0 Å². The number of phenolic OH excluding ortho intramolecular Hbond substituents is 1. The minimum absolute atomic E-state index is 0.00534. The Balaban J connectivity index is 1.74. The molecule has 4 aromatic rings. The second kappa shape index (κ2) is 8.41. The van der Waals surface area contributed by atoms with Crippen molar-refractivity contribution in [2.75, 3.05) is 6.61 Å². The first-order valence-electron chi connectivity index (χ1n) is 10.5. The van der Waals surface area contributed by atoms with Crippen LogP contribution in [0.5, 0.6) is 11.5 Å². The Bertz CT molecular complexity index is 1430. The number of halogens is 1. The van der Waals surface area contributed by atoms with E-state index in [4.69, 9.17) is 9.15 Å². The van der Waals surface area contributed by atoms with Crippen molar-refractivity contribution in [1.82, 2.24) is 4.90 Å². The Morgan fingerprint density at radius 2 is 1.85 bits per heavy atom. The number of aromatic hydroxyl groups is 1. The largest absolute Gasteiger partial charge is 0.504 e. The number of nitrogens with zero attached hydrogens (tertiary/aromatic N) is 1. The van der Waals surface area contributed by atoms with Gasteiger partial charge >= 0.3 is 0 Å². The Morgan fingerprint density at radius 3 is 2.61 bits per heavy atom. The molecule has 33 heavy (non-hydrogen) atoms. The summed E-state index contributed by atoms with van der Waals surface area (Å²) in [6.07, 6.45) is 0. The van der Waals surface area contributed by atoms with Gasteiger partial charge in [0.25, 0.3) is 5.91 Å². The molecular weight excluding hydrogens is 486 g/mol. The lowest BCUT2D eigenvalue weighted by Crippen LogP contribution is -2.29. The lowest BCUT2D eigenvalue weighted by Gasteiger charge is -2.25. The van der Waals surface area contributed by atoms with E-state index in [2.05, 4.69) is 15.9 Å². The summed E-state index contributed by atoms with van der Waals surface area (Å²) in [6, 6.07) is 18.9. The molecule has 2 heterocycles. The van der Waals surface area contributed by atoms with Crippen LogP contribution in [0.1, 0.15) is 40.2 Å². The van der Waals surface area contributed by atoms with Gasteiger partial charge in [-0.25, -0.2) is 0 Å². The molecule has 1 aliphatic heterocycles. The van der Waals surface area contributed by atoms with Gasteiger partial charge in [0.05, 0.1) is 23.6 Å². The van der Waals surface area contributed by atoms with E-state index >= 15 is 0 Å².